The Morgan fingerprint density at radius 1 is 1.43 bits per heavy atom. The number of nitrogens with zero attached hydrogens (tertiary/aromatic N) is 2. The molecule has 0 amide bonds. The topological polar surface area (TPSA) is 46.0 Å². The summed E-state index contributed by atoms with van der Waals surface area (Å²) in [5.74, 6) is 0. The molecule has 0 aliphatic carbocycles. The highest BCUT2D eigenvalue weighted by Crippen LogP contribution is 2.27. The van der Waals surface area contributed by atoms with Crippen LogP contribution >= 0.6 is 11.3 Å². The van der Waals surface area contributed by atoms with E-state index < -0.39 is 0 Å². The first-order valence-electron chi connectivity index (χ1n) is 4.30. The Balaban J connectivity index is 2.46. The molecule has 2 heterocycles. The molecular formula is C10H10N2OS. The fourth-order valence-corrected chi connectivity index (χ4v) is 2.16. The third kappa shape index (κ3) is 1.66. The highest BCUT2D eigenvalue weighted by atomic mass is 32.1. The second-order valence-corrected chi connectivity index (χ2v) is 3.98. The van der Waals surface area contributed by atoms with Gasteiger partial charge in [-0.1, -0.05) is 6.07 Å². The molecule has 4 heteroatoms. The van der Waals surface area contributed by atoms with Gasteiger partial charge in [0.25, 0.3) is 0 Å². The van der Waals surface area contributed by atoms with Gasteiger partial charge in [-0.25, -0.2) is 4.98 Å². The molecular weight excluding hydrogens is 196 g/mol. The molecule has 14 heavy (non-hydrogen) atoms. The number of pyridine rings is 1. The number of hydrogen-bond acceptors (Lipinski definition) is 4. The van der Waals surface area contributed by atoms with Gasteiger partial charge in [-0.15, -0.1) is 11.3 Å². The summed E-state index contributed by atoms with van der Waals surface area (Å²) in [5, 5.41) is 9.69. The number of thiazole rings is 1. The van der Waals surface area contributed by atoms with Crippen molar-refractivity contribution in [2.24, 2.45) is 0 Å². The van der Waals surface area contributed by atoms with Crippen molar-refractivity contribution in [1.29, 1.82) is 0 Å². The van der Waals surface area contributed by atoms with Crippen molar-refractivity contribution in [2.75, 3.05) is 0 Å². The summed E-state index contributed by atoms with van der Waals surface area (Å²) in [4.78, 5) is 9.52. The molecule has 0 radical (unpaired) electrons. The number of aliphatic hydroxyl groups excluding tert-OH is 1. The summed E-state index contributed by atoms with van der Waals surface area (Å²) in [7, 11) is 0. The van der Waals surface area contributed by atoms with E-state index in [2.05, 4.69) is 9.97 Å². The lowest BCUT2D eigenvalue weighted by Gasteiger charge is -1.95. The quantitative estimate of drug-likeness (QED) is 0.817. The fraction of sp³-hybridized carbons (Fsp3) is 0.200. The Hall–Kier alpha value is -1.26. The maximum atomic E-state index is 8.95. The Kier molecular flexibility index (Phi) is 2.56. The number of aliphatic hydroxyl groups is 1. The van der Waals surface area contributed by atoms with Gasteiger partial charge in [0.15, 0.2) is 0 Å². The molecule has 0 aliphatic rings. The van der Waals surface area contributed by atoms with Crippen LogP contribution in [-0.4, -0.2) is 15.1 Å². The largest absolute Gasteiger partial charge is 0.389 e. The van der Waals surface area contributed by atoms with Crippen molar-refractivity contribution >= 4 is 11.3 Å². The lowest BCUT2D eigenvalue weighted by molar-refractivity contribution is 0.281. The minimum absolute atomic E-state index is 0.00165. The third-order valence-electron chi connectivity index (χ3n) is 1.87. The van der Waals surface area contributed by atoms with E-state index in [0.717, 1.165) is 21.3 Å². The summed E-state index contributed by atoms with van der Waals surface area (Å²) in [6, 6.07) is 5.77. The minimum atomic E-state index is -0.00165. The van der Waals surface area contributed by atoms with Gasteiger partial charge in [0.2, 0.25) is 0 Å². The van der Waals surface area contributed by atoms with Gasteiger partial charge in [-0.2, -0.15) is 0 Å². The molecule has 0 saturated heterocycles. The monoisotopic (exact) mass is 206 g/mol. The Morgan fingerprint density at radius 2 is 2.29 bits per heavy atom. The van der Waals surface area contributed by atoms with Crippen LogP contribution in [0.2, 0.25) is 0 Å². The van der Waals surface area contributed by atoms with E-state index in [1.165, 1.54) is 11.3 Å². The summed E-state index contributed by atoms with van der Waals surface area (Å²) in [5.41, 5.74) is 1.85. The van der Waals surface area contributed by atoms with Gasteiger partial charge in [-0.3, -0.25) is 4.98 Å². The van der Waals surface area contributed by atoms with Crippen molar-refractivity contribution in [1.82, 2.24) is 9.97 Å². The molecule has 0 fully saturated rings. The molecule has 0 bridgehead atoms. The van der Waals surface area contributed by atoms with Gasteiger partial charge in [0.1, 0.15) is 5.01 Å². The summed E-state index contributed by atoms with van der Waals surface area (Å²) < 4.78 is 0. The SMILES string of the molecule is Cc1nc(CO)sc1-c1ccccn1. The van der Waals surface area contributed by atoms with Crippen molar-refractivity contribution in [3.8, 4) is 10.6 Å². The molecule has 3 nitrogen and oxygen atoms in total. The van der Waals surface area contributed by atoms with Gasteiger partial charge in [0.05, 0.1) is 22.9 Å². The Morgan fingerprint density at radius 3 is 2.86 bits per heavy atom. The number of aryl methyl sites for hydroxylation is 1. The smallest absolute Gasteiger partial charge is 0.119 e. The van der Waals surface area contributed by atoms with Crippen LogP contribution in [0.1, 0.15) is 10.7 Å². The van der Waals surface area contributed by atoms with Crippen molar-refractivity contribution in [3.05, 3.63) is 35.1 Å². The van der Waals surface area contributed by atoms with E-state index in [4.69, 9.17) is 5.11 Å². The second-order valence-electron chi connectivity index (χ2n) is 2.90. The highest BCUT2D eigenvalue weighted by molar-refractivity contribution is 7.15. The van der Waals surface area contributed by atoms with Crippen LogP contribution in [0.3, 0.4) is 0 Å². The van der Waals surface area contributed by atoms with Gasteiger partial charge >= 0.3 is 0 Å². The molecule has 0 aliphatic heterocycles. The summed E-state index contributed by atoms with van der Waals surface area (Å²) in [6.45, 7) is 1.93. The third-order valence-corrected chi connectivity index (χ3v) is 3.04. The highest BCUT2D eigenvalue weighted by Gasteiger charge is 2.09. The van der Waals surface area contributed by atoms with Crippen LogP contribution in [0.5, 0.6) is 0 Å². The van der Waals surface area contributed by atoms with Crippen LogP contribution in [0, 0.1) is 6.92 Å². The molecule has 0 unspecified atom stereocenters. The van der Waals surface area contributed by atoms with E-state index in [-0.39, 0.29) is 6.61 Å². The van der Waals surface area contributed by atoms with Gasteiger partial charge in [0, 0.05) is 6.20 Å². The average molecular weight is 206 g/mol. The van der Waals surface area contributed by atoms with Crippen LogP contribution in [-0.2, 0) is 6.61 Å². The number of rotatable bonds is 2. The lowest BCUT2D eigenvalue weighted by atomic mass is 10.3. The van der Waals surface area contributed by atoms with E-state index in [0.29, 0.717) is 0 Å². The number of aromatic nitrogens is 2. The fourth-order valence-electron chi connectivity index (χ4n) is 1.25. The normalized spacial score (nSPS) is 10.4. The Bertz CT molecular complexity index is 425. The first kappa shape index (κ1) is 9.30. The molecule has 72 valence electrons. The zero-order chi connectivity index (χ0) is 9.97. The van der Waals surface area contributed by atoms with Crippen LogP contribution in [0.4, 0.5) is 0 Å². The number of hydrogen-bond donors (Lipinski definition) is 1. The maximum Gasteiger partial charge on any atom is 0.119 e. The molecule has 2 aromatic rings. The standard InChI is InChI=1S/C10H10N2OS/c1-7-10(14-9(6-13)12-7)8-4-2-3-5-11-8/h2-5,13H,6H2,1H3. The zero-order valence-electron chi connectivity index (χ0n) is 7.77. The maximum absolute atomic E-state index is 8.95. The van der Waals surface area contributed by atoms with Crippen molar-refractivity contribution in [2.45, 2.75) is 13.5 Å². The van der Waals surface area contributed by atoms with E-state index in [1.807, 2.05) is 25.1 Å². The lowest BCUT2D eigenvalue weighted by Crippen LogP contribution is -1.81. The van der Waals surface area contributed by atoms with Crippen LogP contribution in [0.25, 0.3) is 10.6 Å². The summed E-state index contributed by atoms with van der Waals surface area (Å²) >= 11 is 1.49. The second kappa shape index (κ2) is 3.86. The first-order chi connectivity index (χ1) is 6.81. The van der Waals surface area contributed by atoms with E-state index in [1.54, 1.807) is 6.20 Å². The van der Waals surface area contributed by atoms with E-state index >= 15 is 0 Å². The average Bonchev–Trinajstić information content (AvgIpc) is 2.61. The molecule has 0 atom stereocenters. The molecule has 0 spiro atoms. The molecule has 2 rings (SSSR count). The van der Waals surface area contributed by atoms with Crippen molar-refractivity contribution < 1.29 is 5.11 Å². The van der Waals surface area contributed by atoms with Crippen LogP contribution in [0.15, 0.2) is 24.4 Å². The zero-order valence-corrected chi connectivity index (χ0v) is 8.58. The summed E-state index contributed by atoms with van der Waals surface area (Å²) in [6.07, 6.45) is 1.76. The predicted octanol–water partition coefficient (Wildman–Crippen LogP) is 2.01. The molecule has 0 aromatic carbocycles. The minimum Gasteiger partial charge on any atom is -0.389 e. The van der Waals surface area contributed by atoms with E-state index in [9.17, 15) is 0 Å². The van der Waals surface area contributed by atoms with Crippen molar-refractivity contribution in [3.63, 3.8) is 0 Å². The van der Waals surface area contributed by atoms with Gasteiger partial charge in [-0.05, 0) is 19.1 Å². The molecule has 2 aromatic heterocycles. The molecule has 1 N–H and O–H groups in total. The predicted molar refractivity (Wildman–Crippen MR) is 56.0 cm³/mol. The Labute approximate surface area is 86.1 Å². The van der Waals surface area contributed by atoms with Gasteiger partial charge < -0.3 is 5.11 Å². The first-order valence-corrected chi connectivity index (χ1v) is 5.11. The van der Waals surface area contributed by atoms with Crippen LogP contribution < -0.4 is 0 Å². The molecule has 0 saturated carbocycles.